The molecule has 8 nitrogen and oxygen atoms in total. The Morgan fingerprint density at radius 3 is 2.69 bits per heavy atom. The molecular weight excluding hydrogens is 511 g/mol. The van der Waals surface area contributed by atoms with E-state index in [2.05, 4.69) is 15.3 Å². The maximum absolute atomic E-state index is 13.4. The van der Waals surface area contributed by atoms with Crippen molar-refractivity contribution in [2.75, 3.05) is 12.4 Å². The number of aromatic nitrogens is 3. The third-order valence-corrected chi connectivity index (χ3v) is 6.19. The fourth-order valence-corrected chi connectivity index (χ4v) is 4.26. The van der Waals surface area contributed by atoms with E-state index in [-0.39, 0.29) is 12.2 Å². The maximum Gasteiger partial charge on any atom is 0.449 e. The van der Waals surface area contributed by atoms with Crippen LogP contribution in [0.2, 0.25) is 0 Å². The van der Waals surface area contributed by atoms with E-state index in [1.807, 2.05) is 18.2 Å². The van der Waals surface area contributed by atoms with Crippen molar-refractivity contribution in [3.8, 4) is 17.1 Å². The van der Waals surface area contributed by atoms with Crippen LogP contribution >= 0.6 is 0 Å². The quantitative estimate of drug-likeness (QED) is 0.305. The molecule has 0 bridgehead atoms. The predicted octanol–water partition coefficient (Wildman–Crippen LogP) is 5.47. The van der Waals surface area contributed by atoms with Crippen LogP contribution in [0.3, 0.4) is 0 Å². The lowest BCUT2D eigenvalue weighted by Gasteiger charge is -2.20. The Bertz CT molecular complexity index is 1580. The molecule has 11 heteroatoms. The number of hydrogen-bond acceptors (Lipinski definition) is 8. The fourth-order valence-electron chi connectivity index (χ4n) is 4.26. The molecule has 3 aromatic heterocycles. The molecular formula is C28H24F3N5O3. The van der Waals surface area contributed by atoms with Crippen LogP contribution in [0.15, 0.2) is 82.7 Å². The number of pyridine rings is 1. The number of Topliss-reactive ketones (excluding diaryl/α,β-unsaturated/α-hetero) is 1. The van der Waals surface area contributed by atoms with Crippen LogP contribution in [0.4, 0.5) is 19.0 Å². The van der Waals surface area contributed by atoms with Crippen LogP contribution < -0.4 is 15.8 Å². The van der Waals surface area contributed by atoms with Gasteiger partial charge in [0.25, 0.3) is 0 Å². The largest absolute Gasteiger partial charge is 0.497 e. The Kier molecular flexibility index (Phi) is 7.16. The SMILES string of the molecule is COc1ccc2nc(-c3cccnc3)nc(NC3=CCCC=C3C(=O)C(N)Cc3ccc(C(F)(F)F)o3)c2c1. The van der Waals surface area contributed by atoms with E-state index in [0.29, 0.717) is 58.0 Å². The number of allylic oxidation sites excluding steroid dienone is 3. The van der Waals surface area contributed by atoms with E-state index in [0.717, 1.165) is 6.07 Å². The molecule has 39 heavy (non-hydrogen) atoms. The number of carbonyl (C=O) groups is 1. The number of nitrogens with zero attached hydrogens (tertiary/aromatic N) is 3. The van der Waals surface area contributed by atoms with Gasteiger partial charge in [-0.15, -0.1) is 0 Å². The van der Waals surface area contributed by atoms with Crippen molar-refractivity contribution in [1.82, 2.24) is 15.0 Å². The topological polar surface area (TPSA) is 116 Å². The smallest absolute Gasteiger partial charge is 0.449 e. The number of ketones is 1. The number of rotatable bonds is 8. The molecule has 0 radical (unpaired) electrons. The number of furan rings is 1. The Balaban J connectivity index is 1.44. The molecule has 1 unspecified atom stereocenters. The van der Waals surface area contributed by atoms with E-state index in [1.54, 1.807) is 43.8 Å². The molecule has 0 amide bonds. The third-order valence-electron chi connectivity index (χ3n) is 6.19. The van der Waals surface area contributed by atoms with Gasteiger partial charge >= 0.3 is 6.18 Å². The minimum absolute atomic E-state index is 0.0203. The summed E-state index contributed by atoms with van der Waals surface area (Å²) in [6.45, 7) is 0. The first-order valence-electron chi connectivity index (χ1n) is 12.1. The normalized spacial score (nSPS) is 14.5. The molecule has 1 aliphatic carbocycles. The van der Waals surface area contributed by atoms with Gasteiger partial charge in [-0.25, -0.2) is 9.97 Å². The van der Waals surface area contributed by atoms with Crippen molar-refractivity contribution in [1.29, 1.82) is 0 Å². The number of benzene rings is 1. The second-order valence-corrected chi connectivity index (χ2v) is 8.90. The van der Waals surface area contributed by atoms with Gasteiger partial charge in [-0.3, -0.25) is 9.78 Å². The van der Waals surface area contributed by atoms with Crippen LogP contribution in [0.5, 0.6) is 5.75 Å². The summed E-state index contributed by atoms with van der Waals surface area (Å²) < 4.78 is 49.0. The van der Waals surface area contributed by atoms with Crippen molar-refractivity contribution in [2.24, 2.45) is 5.73 Å². The van der Waals surface area contributed by atoms with Crippen molar-refractivity contribution in [2.45, 2.75) is 31.5 Å². The van der Waals surface area contributed by atoms with Crippen molar-refractivity contribution in [3.05, 3.63) is 89.8 Å². The lowest BCUT2D eigenvalue weighted by Crippen LogP contribution is -2.35. The Morgan fingerprint density at radius 2 is 1.97 bits per heavy atom. The number of methoxy groups -OCH3 is 1. The Morgan fingerprint density at radius 1 is 1.15 bits per heavy atom. The summed E-state index contributed by atoms with van der Waals surface area (Å²) in [4.78, 5) is 26.9. The molecule has 3 N–H and O–H groups in total. The summed E-state index contributed by atoms with van der Waals surface area (Å²) in [6.07, 6.45) is 3.42. The number of fused-ring (bicyclic) bond motifs is 1. The highest BCUT2D eigenvalue weighted by Crippen LogP contribution is 2.33. The number of alkyl halides is 3. The first-order valence-corrected chi connectivity index (χ1v) is 12.1. The zero-order chi connectivity index (χ0) is 27.6. The summed E-state index contributed by atoms with van der Waals surface area (Å²) in [5.74, 6) is -0.0985. The summed E-state index contributed by atoms with van der Waals surface area (Å²) in [7, 11) is 1.56. The summed E-state index contributed by atoms with van der Waals surface area (Å²) in [5.41, 5.74) is 8.33. The number of hydrogen-bond donors (Lipinski definition) is 2. The standard InChI is InChI=1S/C28H24F3N5O3/c1-38-17-8-10-23-20(13-17)27(36-26(34-23)16-5-4-12-33-15-16)35-22-7-3-2-6-19(22)25(37)21(32)14-18-9-11-24(39-18)28(29,30)31/h4-13,15,21H,2-3,14,32H2,1H3,(H,34,35,36). The van der Waals surface area contributed by atoms with Crippen LogP contribution in [0, 0.1) is 0 Å². The van der Waals surface area contributed by atoms with Crippen LogP contribution in [-0.2, 0) is 17.4 Å². The number of ether oxygens (including phenoxy) is 1. The van der Waals surface area contributed by atoms with Crippen molar-refractivity contribution < 1.29 is 27.1 Å². The van der Waals surface area contributed by atoms with Crippen molar-refractivity contribution >= 4 is 22.5 Å². The summed E-state index contributed by atoms with van der Waals surface area (Å²) in [6, 6.07) is 9.92. The first-order chi connectivity index (χ1) is 18.7. The minimum atomic E-state index is -4.62. The van der Waals surface area contributed by atoms with Crippen LogP contribution in [0.1, 0.15) is 24.4 Å². The lowest BCUT2D eigenvalue weighted by atomic mass is 9.94. The molecule has 5 rings (SSSR count). The van der Waals surface area contributed by atoms with Gasteiger partial charge in [-0.2, -0.15) is 13.2 Å². The summed E-state index contributed by atoms with van der Waals surface area (Å²) in [5, 5.41) is 3.94. The minimum Gasteiger partial charge on any atom is -0.497 e. The summed E-state index contributed by atoms with van der Waals surface area (Å²) >= 11 is 0. The average molecular weight is 536 g/mol. The van der Waals surface area contributed by atoms with Gasteiger partial charge in [-0.05, 0) is 55.3 Å². The number of carbonyl (C=O) groups excluding carboxylic acids is 1. The van der Waals surface area contributed by atoms with Gasteiger partial charge in [0, 0.05) is 41.0 Å². The number of halogens is 3. The molecule has 0 fully saturated rings. The molecule has 0 saturated heterocycles. The fraction of sp³-hybridized carbons (Fsp3) is 0.214. The number of anilines is 1. The van der Waals surface area contributed by atoms with Gasteiger partial charge in [0.05, 0.1) is 18.7 Å². The van der Waals surface area contributed by atoms with E-state index in [9.17, 15) is 18.0 Å². The third kappa shape index (κ3) is 5.68. The van der Waals surface area contributed by atoms with Gasteiger partial charge in [0.15, 0.2) is 11.6 Å². The zero-order valence-corrected chi connectivity index (χ0v) is 20.8. The van der Waals surface area contributed by atoms with Gasteiger partial charge < -0.3 is 20.2 Å². The van der Waals surface area contributed by atoms with E-state index >= 15 is 0 Å². The van der Waals surface area contributed by atoms with Gasteiger partial charge in [0.1, 0.15) is 17.3 Å². The van der Waals surface area contributed by atoms with Crippen molar-refractivity contribution in [3.63, 3.8) is 0 Å². The molecule has 3 heterocycles. The highest BCUT2D eigenvalue weighted by molar-refractivity contribution is 6.04. The van der Waals surface area contributed by atoms with E-state index in [4.69, 9.17) is 19.9 Å². The highest BCUT2D eigenvalue weighted by Gasteiger charge is 2.35. The predicted molar refractivity (Wildman–Crippen MR) is 139 cm³/mol. The molecule has 1 aliphatic rings. The maximum atomic E-state index is 13.4. The molecule has 0 saturated carbocycles. The second-order valence-electron chi connectivity index (χ2n) is 8.90. The Hall–Kier alpha value is -4.51. The first kappa shape index (κ1) is 26.1. The van der Waals surface area contributed by atoms with Gasteiger partial charge in [0.2, 0.25) is 5.76 Å². The molecule has 1 aromatic carbocycles. The second kappa shape index (κ2) is 10.7. The number of nitrogens with two attached hydrogens (primary N) is 1. The monoisotopic (exact) mass is 535 g/mol. The Labute approximate surface area is 221 Å². The molecule has 0 aliphatic heterocycles. The van der Waals surface area contributed by atoms with Crippen LogP contribution in [-0.4, -0.2) is 33.9 Å². The molecule has 1 atom stereocenters. The average Bonchev–Trinajstić information content (AvgIpc) is 3.42. The zero-order valence-electron chi connectivity index (χ0n) is 20.8. The van der Waals surface area contributed by atoms with Crippen LogP contribution in [0.25, 0.3) is 22.3 Å². The van der Waals surface area contributed by atoms with E-state index < -0.39 is 23.8 Å². The number of nitrogens with one attached hydrogen (secondary N) is 1. The van der Waals surface area contributed by atoms with Gasteiger partial charge in [-0.1, -0.05) is 12.2 Å². The molecule has 0 spiro atoms. The van der Waals surface area contributed by atoms with E-state index in [1.165, 1.54) is 6.07 Å². The lowest BCUT2D eigenvalue weighted by molar-refractivity contribution is -0.153. The molecule has 200 valence electrons. The molecule has 4 aromatic rings. The highest BCUT2D eigenvalue weighted by atomic mass is 19.4.